The number of rotatable bonds is 3. The van der Waals surface area contributed by atoms with E-state index in [9.17, 15) is 0 Å². The van der Waals surface area contributed by atoms with Gasteiger partial charge in [-0.3, -0.25) is 0 Å². The predicted molar refractivity (Wildman–Crippen MR) is 75.2 cm³/mol. The minimum atomic E-state index is 0.864. The van der Waals surface area contributed by atoms with E-state index in [-0.39, 0.29) is 0 Å². The van der Waals surface area contributed by atoms with Gasteiger partial charge in [-0.05, 0) is 44.7 Å². The maximum atomic E-state index is 4.38. The highest BCUT2D eigenvalue weighted by molar-refractivity contribution is 7.12. The largest absolute Gasteiger partial charge is 0.365 e. The summed E-state index contributed by atoms with van der Waals surface area (Å²) in [5, 5.41) is 3.46. The Bertz CT molecular complexity index is 555. The molecule has 2 aromatic heterocycles. The van der Waals surface area contributed by atoms with Crippen molar-refractivity contribution in [3.63, 3.8) is 0 Å². The molecule has 94 valence electrons. The molecule has 4 heteroatoms. The fraction of sp³-hybridized carbons (Fsp3) is 0.429. The smallest absolute Gasteiger partial charge is 0.133 e. The highest BCUT2D eigenvalue weighted by atomic mass is 32.1. The molecule has 0 radical (unpaired) electrons. The van der Waals surface area contributed by atoms with Crippen LogP contribution in [0, 0.1) is 13.8 Å². The SMILES string of the molecule is Cc1cc(CNc2ncnc3c2CCC3)sc1C. The van der Waals surface area contributed by atoms with Gasteiger partial charge in [0.05, 0.1) is 6.54 Å². The molecule has 2 heterocycles. The van der Waals surface area contributed by atoms with E-state index in [4.69, 9.17) is 0 Å². The van der Waals surface area contributed by atoms with E-state index in [2.05, 4.69) is 35.2 Å². The molecule has 0 bridgehead atoms. The molecule has 1 N–H and O–H groups in total. The molecule has 3 nitrogen and oxygen atoms in total. The van der Waals surface area contributed by atoms with Crippen LogP contribution in [0.4, 0.5) is 5.82 Å². The van der Waals surface area contributed by atoms with Crippen molar-refractivity contribution in [3.8, 4) is 0 Å². The summed E-state index contributed by atoms with van der Waals surface area (Å²) in [6.45, 7) is 5.20. The van der Waals surface area contributed by atoms with E-state index < -0.39 is 0 Å². The number of aryl methyl sites for hydroxylation is 3. The fourth-order valence-electron chi connectivity index (χ4n) is 2.42. The van der Waals surface area contributed by atoms with E-state index in [1.807, 2.05) is 11.3 Å². The van der Waals surface area contributed by atoms with Gasteiger partial charge in [-0.25, -0.2) is 9.97 Å². The lowest BCUT2D eigenvalue weighted by Gasteiger charge is -2.08. The van der Waals surface area contributed by atoms with Gasteiger partial charge in [0.15, 0.2) is 0 Å². The van der Waals surface area contributed by atoms with Crippen LogP contribution in [0.2, 0.25) is 0 Å². The molecule has 0 spiro atoms. The summed E-state index contributed by atoms with van der Waals surface area (Å²) in [5.41, 5.74) is 3.93. The Hall–Kier alpha value is -1.42. The lowest BCUT2D eigenvalue weighted by atomic mass is 10.2. The van der Waals surface area contributed by atoms with Gasteiger partial charge in [0.1, 0.15) is 12.1 Å². The molecule has 1 aliphatic carbocycles. The Kier molecular flexibility index (Phi) is 3.04. The van der Waals surface area contributed by atoms with Crippen molar-refractivity contribution < 1.29 is 0 Å². The molecule has 2 aromatic rings. The van der Waals surface area contributed by atoms with Crippen LogP contribution >= 0.6 is 11.3 Å². The van der Waals surface area contributed by atoms with Gasteiger partial charge in [-0.2, -0.15) is 0 Å². The Balaban J connectivity index is 1.76. The summed E-state index contributed by atoms with van der Waals surface area (Å²) in [6, 6.07) is 2.26. The lowest BCUT2D eigenvalue weighted by Crippen LogP contribution is -2.04. The number of fused-ring (bicyclic) bond motifs is 1. The lowest BCUT2D eigenvalue weighted by molar-refractivity contribution is 0.899. The molecule has 0 saturated heterocycles. The van der Waals surface area contributed by atoms with Crippen molar-refractivity contribution in [2.45, 2.75) is 39.7 Å². The van der Waals surface area contributed by atoms with Gasteiger partial charge < -0.3 is 5.32 Å². The highest BCUT2D eigenvalue weighted by Gasteiger charge is 2.16. The molecular formula is C14H17N3S. The second-order valence-electron chi connectivity index (χ2n) is 4.81. The molecule has 18 heavy (non-hydrogen) atoms. The third-order valence-corrected chi connectivity index (χ3v) is 4.67. The number of thiophene rings is 1. The molecule has 1 aliphatic rings. The topological polar surface area (TPSA) is 37.8 Å². The maximum Gasteiger partial charge on any atom is 0.133 e. The van der Waals surface area contributed by atoms with E-state index >= 15 is 0 Å². The first-order valence-electron chi connectivity index (χ1n) is 6.36. The summed E-state index contributed by atoms with van der Waals surface area (Å²) >= 11 is 1.86. The minimum absolute atomic E-state index is 0.864. The quantitative estimate of drug-likeness (QED) is 0.919. The Morgan fingerprint density at radius 2 is 2.17 bits per heavy atom. The maximum absolute atomic E-state index is 4.38. The highest BCUT2D eigenvalue weighted by Crippen LogP contribution is 2.26. The number of aromatic nitrogens is 2. The van der Waals surface area contributed by atoms with Crippen LogP contribution in [-0.4, -0.2) is 9.97 Å². The van der Waals surface area contributed by atoms with Gasteiger partial charge in [0.25, 0.3) is 0 Å². The Morgan fingerprint density at radius 1 is 1.28 bits per heavy atom. The molecule has 0 aliphatic heterocycles. The molecule has 0 atom stereocenters. The zero-order valence-electron chi connectivity index (χ0n) is 10.8. The zero-order chi connectivity index (χ0) is 12.5. The van der Waals surface area contributed by atoms with Gasteiger partial charge in [0, 0.05) is 21.0 Å². The first kappa shape index (κ1) is 11.7. The van der Waals surface area contributed by atoms with Crippen LogP contribution in [0.25, 0.3) is 0 Å². The van der Waals surface area contributed by atoms with Crippen LogP contribution in [0.3, 0.4) is 0 Å². The molecule has 0 amide bonds. The van der Waals surface area contributed by atoms with Gasteiger partial charge >= 0.3 is 0 Å². The predicted octanol–water partition coefficient (Wildman–Crippen LogP) is 3.26. The second-order valence-corrected chi connectivity index (χ2v) is 6.15. The van der Waals surface area contributed by atoms with Crippen LogP contribution in [0.5, 0.6) is 0 Å². The molecule has 0 unspecified atom stereocenters. The van der Waals surface area contributed by atoms with Crippen LogP contribution in [-0.2, 0) is 19.4 Å². The van der Waals surface area contributed by atoms with Crippen molar-refractivity contribution in [2.24, 2.45) is 0 Å². The van der Waals surface area contributed by atoms with Crippen LogP contribution < -0.4 is 5.32 Å². The minimum Gasteiger partial charge on any atom is -0.365 e. The number of hydrogen-bond donors (Lipinski definition) is 1. The molecule has 3 rings (SSSR count). The molecule has 0 saturated carbocycles. The number of anilines is 1. The van der Waals surface area contributed by atoms with Crippen LogP contribution in [0.1, 0.15) is 33.0 Å². The summed E-state index contributed by atoms with van der Waals surface area (Å²) in [6.07, 6.45) is 5.10. The van der Waals surface area contributed by atoms with E-state index in [0.29, 0.717) is 0 Å². The first-order chi connectivity index (χ1) is 8.74. The summed E-state index contributed by atoms with van der Waals surface area (Å²) in [4.78, 5) is 11.5. The third-order valence-electron chi connectivity index (χ3n) is 3.52. The molecule has 0 aromatic carbocycles. The summed E-state index contributed by atoms with van der Waals surface area (Å²) < 4.78 is 0. The second kappa shape index (κ2) is 4.69. The van der Waals surface area contributed by atoms with Crippen molar-refractivity contribution in [1.29, 1.82) is 0 Å². The normalized spacial score (nSPS) is 13.7. The number of nitrogens with zero attached hydrogens (tertiary/aromatic N) is 2. The van der Waals surface area contributed by atoms with Crippen molar-refractivity contribution in [3.05, 3.63) is 39.0 Å². The monoisotopic (exact) mass is 259 g/mol. The summed E-state index contributed by atoms with van der Waals surface area (Å²) in [5.74, 6) is 1.03. The summed E-state index contributed by atoms with van der Waals surface area (Å²) in [7, 11) is 0. The van der Waals surface area contributed by atoms with Crippen molar-refractivity contribution in [2.75, 3.05) is 5.32 Å². The average Bonchev–Trinajstić information content (AvgIpc) is 2.94. The van der Waals surface area contributed by atoms with E-state index in [1.165, 1.54) is 33.0 Å². The first-order valence-corrected chi connectivity index (χ1v) is 7.18. The Morgan fingerprint density at radius 3 is 2.94 bits per heavy atom. The molecule has 0 fully saturated rings. The van der Waals surface area contributed by atoms with Crippen molar-refractivity contribution >= 4 is 17.2 Å². The van der Waals surface area contributed by atoms with Gasteiger partial charge in [0.2, 0.25) is 0 Å². The van der Waals surface area contributed by atoms with Gasteiger partial charge in [-0.15, -0.1) is 11.3 Å². The van der Waals surface area contributed by atoms with E-state index in [0.717, 1.165) is 25.2 Å². The fourth-order valence-corrected chi connectivity index (χ4v) is 3.41. The van der Waals surface area contributed by atoms with E-state index in [1.54, 1.807) is 6.33 Å². The third kappa shape index (κ3) is 2.12. The average molecular weight is 259 g/mol. The van der Waals surface area contributed by atoms with Crippen molar-refractivity contribution in [1.82, 2.24) is 9.97 Å². The molecular weight excluding hydrogens is 242 g/mol. The zero-order valence-corrected chi connectivity index (χ0v) is 11.6. The van der Waals surface area contributed by atoms with Gasteiger partial charge in [-0.1, -0.05) is 0 Å². The van der Waals surface area contributed by atoms with Crippen LogP contribution in [0.15, 0.2) is 12.4 Å². The number of nitrogens with one attached hydrogen (secondary N) is 1. The number of hydrogen-bond acceptors (Lipinski definition) is 4. The standard InChI is InChI=1S/C14H17N3S/c1-9-6-11(18-10(9)2)7-15-14-12-4-3-5-13(12)16-8-17-14/h6,8H,3-5,7H2,1-2H3,(H,15,16,17). The Labute approximate surface area is 111 Å².